The average Bonchev–Trinajstić information content (AvgIpc) is 2.72. The third kappa shape index (κ3) is 6.92. The molecule has 1 atom stereocenters. The number of hydrogen-bond acceptors (Lipinski definition) is 5. The van der Waals surface area contributed by atoms with Crippen molar-refractivity contribution >= 4 is 18.3 Å². The average molecular weight is 412 g/mol. The van der Waals surface area contributed by atoms with E-state index in [0.717, 1.165) is 83.1 Å². The third-order valence-electron chi connectivity index (χ3n) is 5.50. The molecule has 2 aliphatic rings. The maximum atomic E-state index is 13.1. The molecule has 2 aliphatic heterocycles. The van der Waals surface area contributed by atoms with Crippen molar-refractivity contribution in [2.24, 2.45) is 0 Å². The van der Waals surface area contributed by atoms with E-state index in [0.29, 0.717) is 12.5 Å². The molecule has 6 nitrogen and oxygen atoms in total. The lowest BCUT2D eigenvalue weighted by Crippen LogP contribution is -2.50. The van der Waals surface area contributed by atoms with E-state index in [-0.39, 0.29) is 18.3 Å². The van der Waals surface area contributed by atoms with Gasteiger partial charge in [0.2, 0.25) is 5.91 Å². The van der Waals surface area contributed by atoms with Gasteiger partial charge in [0.05, 0.1) is 26.7 Å². The minimum absolute atomic E-state index is 0. The first-order chi connectivity index (χ1) is 13.3. The van der Waals surface area contributed by atoms with Crippen LogP contribution in [0.5, 0.6) is 5.75 Å². The molecule has 0 bridgehead atoms. The highest BCUT2D eigenvalue weighted by Crippen LogP contribution is 2.17. The molecule has 3 rings (SSSR count). The van der Waals surface area contributed by atoms with Gasteiger partial charge in [-0.05, 0) is 43.5 Å². The van der Waals surface area contributed by atoms with E-state index in [2.05, 4.69) is 15.1 Å². The van der Waals surface area contributed by atoms with Crippen LogP contribution in [0, 0.1) is 0 Å². The number of nitrogens with one attached hydrogen (secondary N) is 1. The fraction of sp³-hybridized carbons (Fsp3) is 0.667. The lowest BCUT2D eigenvalue weighted by molar-refractivity contribution is -0.133. The second-order valence-corrected chi connectivity index (χ2v) is 7.42. The first-order valence-electron chi connectivity index (χ1n) is 10.2. The highest BCUT2D eigenvalue weighted by Gasteiger charge is 2.25. The molecule has 7 heteroatoms. The van der Waals surface area contributed by atoms with Crippen LogP contribution in [0.2, 0.25) is 0 Å². The molecule has 1 amide bonds. The lowest BCUT2D eigenvalue weighted by Gasteiger charge is -2.36. The highest BCUT2D eigenvalue weighted by molar-refractivity contribution is 5.85. The number of piperidine rings is 1. The Labute approximate surface area is 175 Å². The molecule has 0 spiro atoms. The number of carbonyl (C=O) groups excluding carboxylic acids is 1. The van der Waals surface area contributed by atoms with Crippen molar-refractivity contribution in [3.05, 3.63) is 29.8 Å². The third-order valence-corrected chi connectivity index (χ3v) is 5.50. The molecule has 158 valence electrons. The Balaban J connectivity index is 0.00000280. The van der Waals surface area contributed by atoms with Gasteiger partial charge in [0.1, 0.15) is 5.75 Å². The van der Waals surface area contributed by atoms with Gasteiger partial charge in [0.15, 0.2) is 0 Å². The molecule has 0 aliphatic carbocycles. The molecule has 1 N–H and O–H groups in total. The van der Waals surface area contributed by atoms with Crippen LogP contribution in [-0.4, -0.2) is 81.3 Å². The maximum absolute atomic E-state index is 13.1. The predicted molar refractivity (Wildman–Crippen MR) is 113 cm³/mol. The van der Waals surface area contributed by atoms with Crippen molar-refractivity contribution in [3.8, 4) is 5.75 Å². The second kappa shape index (κ2) is 12.3. The van der Waals surface area contributed by atoms with Crippen LogP contribution in [0.3, 0.4) is 0 Å². The van der Waals surface area contributed by atoms with E-state index in [1.165, 1.54) is 0 Å². The number of amides is 1. The number of nitrogens with zero attached hydrogens (tertiary/aromatic N) is 2. The smallest absolute Gasteiger partial charge is 0.227 e. The molecule has 2 fully saturated rings. The largest absolute Gasteiger partial charge is 0.497 e. The van der Waals surface area contributed by atoms with Crippen molar-refractivity contribution in [2.75, 3.05) is 59.6 Å². The van der Waals surface area contributed by atoms with E-state index in [1.807, 2.05) is 24.3 Å². The van der Waals surface area contributed by atoms with Crippen molar-refractivity contribution in [1.29, 1.82) is 0 Å². The van der Waals surface area contributed by atoms with Gasteiger partial charge >= 0.3 is 0 Å². The molecule has 0 aromatic heterocycles. The van der Waals surface area contributed by atoms with Gasteiger partial charge < -0.3 is 19.7 Å². The van der Waals surface area contributed by atoms with E-state index >= 15 is 0 Å². The Kier molecular flexibility index (Phi) is 10.1. The van der Waals surface area contributed by atoms with Crippen LogP contribution in [-0.2, 0) is 16.0 Å². The maximum Gasteiger partial charge on any atom is 0.227 e. The van der Waals surface area contributed by atoms with Crippen molar-refractivity contribution in [3.63, 3.8) is 0 Å². The molecule has 2 heterocycles. The summed E-state index contributed by atoms with van der Waals surface area (Å²) < 4.78 is 10.7. The molecule has 2 saturated heterocycles. The lowest BCUT2D eigenvalue weighted by atomic mass is 10.0. The SMILES string of the molecule is COc1cccc(CC(=O)N(CCCN2CCOCC2)C2CCCNC2)c1.Cl. The Morgan fingerprint density at radius 1 is 1.36 bits per heavy atom. The van der Waals surface area contributed by atoms with E-state index in [4.69, 9.17) is 9.47 Å². The molecular weight excluding hydrogens is 378 g/mol. The summed E-state index contributed by atoms with van der Waals surface area (Å²) >= 11 is 0. The highest BCUT2D eigenvalue weighted by atomic mass is 35.5. The topological polar surface area (TPSA) is 54.0 Å². The zero-order valence-electron chi connectivity index (χ0n) is 16.9. The van der Waals surface area contributed by atoms with Gasteiger partial charge in [0, 0.05) is 38.8 Å². The standard InChI is InChI=1S/C21H33N3O3.ClH/c1-26-20-7-2-5-18(15-20)16-21(25)24(19-6-3-8-22-17-19)10-4-9-23-11-13-27-14-12-23;/h2,5,7,15,19,22H,3-4,6,8-14,16-17H2,1H3;1H. The normalized spacial score (nSPS) is 20.2. The summed E-state index contributed by atoms with van der Waals surface area (Å²) in [6, 6.07) is 8.14. The number of hydrogen-bond donors (Lipinski definition) is 1. The van der Waals surface area contributed by atoms with Crippen molar-refractivity contribution < 1.29 is 14.3 Å². The molecule has 1 aromatic rings. The Morgan fingerprint density at radius 3 is 2.89 bits per heavy atom. The monoisotopic (exact) mass is 411 g/mol. The first kappa shape index (κ1) is 22.9. The summed E-state index contributed by atoms with van der Waals surface area (Å²) in [4.78, 5) is 17.7. The summed E-state index contributed by atoms with van der Waals surface area (Å²) in [5.41, 5.74) is 1.02. The van der Waals surface area contributed by atoms with Gasteiger partial charge in [0.25, 0.3) is 0 Å². The number of methoxy groups -OCH3 is 1. The van der Waals surface area contributed by atoms with Gasteiger partial charge in [-0.15, -0.1) is 12.4 Å². The van der Waals surface area contributed by atoms with Crippen molar-refractivity contribution in [1.82, 2.24) is 15.1 Å². The van der Waals surface area contributed by atoms with Crippen LogP contribution in [0.25, 0.3) is 0 Å². The van der Waals surface area contributed by atoms with E-state index in [1.54, 1.807) is 7.11 Å². The Morgan fingerprint density at radius 2 is 2.18 bits per heavy atom. The summed E-state index contributed by atoms with van der Waals surface area (Å²) in [7, 11) is 1.66. The van der Waals surface area contributed by atoms with Crippen molar-refractivity contribution in [2.45, 2.75) is 31.7 Å². The Bertz CT molecular complexity index is 590. The van der Waals surface area contributed by atoms with Crippen LogP contribution in [0.4, 0.5) is 0 Å². The first-order valence-corrected chi connectivity index (χ1v) is 10.2. The van der Waals surface area contributed by atoms with Gasteiger partial charge in [-0.3, -0.25) is 9.69 Å². The van der Waals surface area contributed by atoms with Gasteiger partial charge in [-0.2, -0.15) is 0 Å². The van der Waals surface area contributed by atoms with Crippen LogP contribution >= 0.6 is 12.4 Å². The quantitative estimate of drug-likeness (QED) is 0.708. The van der Waals surface area contributed by atoms with E-state index < -0.39 is 0 Å². The molecule has 1 aromatic carbocycles. The fourth-order valence-corrected chi connectivity index (χ4v) is 3.96. The Hall–Kier alpha value is -1.34. The summed E-state index contributed by atoms with van der Waals surface area (Å²) in [6.45, 7) is 7.48. The van der Waals surface area contributed by atoms with Crippen LogP contribution in [0.1, 0.15) is 24.8 Å². The zero-order chi connectivity index (χ0) is 18.9. The number of carbonyl (C=O) groups is 1. The zero-order valence-corrected chi connectivity index (χ0v) is 17.7. The number of halogens is 1. The molecule has 0 radical (unpaired) electrons. The number of benzene rings is 1. The van der Waals surface area contributed by atoms with Crippen LogP contribution in [0.15, 0.2) is 24.3 Å². The number of ether oxygens (including phenoxy) is 2. The summed E-state index contributed by atoms with van der Waals surface area (Å²) in [6.07, 6.45) is 3.68. The number of rotatable bonds is 8. The summed E-state index contributed by atoms with van der Waals surface area (Å²) in [5, 5.41) is 3.45. The van der Waals surface area contributed by atoms with Crippen LogP contribution < -0.4 is 10.1 Å². The summed E-state index contributed by atoms with van der Waals surface area (Å²) in [5.74, 6) is 1.03. The molecule has 28 heavy (non-hydrogen) atoms. The van der Waals surface area contributed by atoms with Gasteiger partial charge in [-0.25, -0.2) is 0 Å². The van der Waals surface area contributed by atoms with E-state index in [9.17, 15) is 4.79 Å². The minimum atomic E-state index is 0. The minimum Gasteiger partial charge on any atom is -0.497 e. The molecule has 0 saturated carbocycles. The fourth-order valence-electron chi connectivity index (χ4n) is 3.96. The molecular formula is C21H34ClN3O3. The number of morpholine rings is 1. The van der Waals surface area contributed by atoms with Gasteiger partial charge in [-0.1, -0.05) is 12.1 Å². The predicted octanol–water partition coefficient (Wildman–Crippen LogP) is 1.96. The molecule has 1 unspecified atom stereocenters. The second-order valence-electron chi connectivity index (χ2n) is 7.42.